The average Bonchev–Trinajstić information content (AvgIpc) is 3.02. The Bertz CT molecular complexity index is 914. The lowest BCUT2D eigenvalue weighted by Crippen LogP contribution is -2.19. The highest BCUT2D eigenvalue weighted by molar-refractivity contribution is 7.14. The molecule has 3 amide bonds. The Morgan fingerprint density at radius 3 is 2.50 bits per heavy atom. The highest BCUT2D eigenvalue weighted by Gasteiger charge is 2.10. The topological polar surface area (TPSA) is 83.1 Å². The number of thiazole rings is 1. The number of hydrogen-bond donors (Lipinski definition) is 3. The smallest absolute Gasteiger partial charge is 0.325 e. The summed E-state index contributed by atoms with van der Waals surface area (Å²) >= 11 is 7.15. The van der Waals surface area contributed by atoms with Gasteiger partial charge in [0.15, 0.2) is 5.13 Å². The minimum atomic E-state index is -0.388. The predicted molar refractivity (Wildman–Crippen MR) is 105 cm³/mol. The Hall–Kier alpha value is -2.90. The van der Waals surface area contributed by atoms with Gasteiger partial charge in [-0.1, -0.05) is 35.9 Å². The normalized spacial score (nSPS) is 10.2. The molecule has 0 spiro atoms. The van der Waals surface area contributed by atoms with E-state index in [1.165, 1.54) is 11.3 Å². The van der Waals surface area contributed by atoms with Crippen LogP contribution in [0.15, 0.2) is 60.0 Å². The van der Waals surface area contributed by atoms with Gasteiger partial charge in [-0.05, 0) is 30.3 Å². The van der Waals surface area contributed by atoms with Crippen LogP contribution in [-0.2, 0) is 11.2 Å². The highest BCUT2D eigenvalue weighted by atomic mass is 35.5. The molecule has 6 nitrogen and oxygen atoms in total. The van der Waals surface area contributed by atoms with E-state index in [1.807, 2.05) is 18.2 Å². The van der Waals surface area contributed by atoms with Crippen LogP contribution in [0.3, 0.4) is 0 Å². The molecule has 0 bridgehead atoms. The molecule has 26 heavy (non-hydrogen) atoms. The molecule has 0 saturated carbocycles. The lowest BCUT2D eigenvalue weighted by molar-refractivity contribution is -0.115. The summed E-state index contributed by atoms with van der Waals surface area (Å²) in [6.45, 7) is 0. The fourth-order valence-corrected chi connectivity index (χ4v) is 3.06. The van der Waals surface area contributed by atoms with E-state index in [0.29, 0.717) is 27.2 Å². The number of hydrogen-bond acceptors (Lipinski definition) is 4. The molecule has 0 radical (unpaired) electrons. The molecule has 0 aliphatic heterocycles. The summed E-state index contributed by atoms with van der Waals surface area (Å²) in [5, 5.41) is 10.8. The molecule has 132 valence electrons. The van der Waals surface area contributed by atoms with Crippen LogP contribution in [0.2, 0.25) is 5.02 Å². The fraction of sp³-hybridized carbons (Fsp3) is 0.0556. The minimum Gasteiger partial charge on any atom is -0.326 e. The molecule has 0 fully saturated rings. The summed E-state index contributed by atoms with van der Waals surface area (Å²) in [6, 6.07) is 15.6. The molecule has 1 heterocycles. The summed E-state index contributed by atoms with van der Waals surface area (Å²) < 4.78 is 0. The van der Waals surface area contributed by atoms with Crippen molar-refractivity contribution in [3.63, 3.8) is 0 Å². The molecule has 0 aliphatic carbocycles. The van der Waals surface area contributed by atoms with Gasteiger partial charge < -0.3 is 10.6 Å². The number of rotatable bonds is 5. The molecule has 1 aromatic heterocycles. The van der Waals surface area contributed by atoms with E-state index < -0.39 is 0 Å². The highest BCUT2D eigenvalue weighted by Crippen LogP contribution is 2.18. The molecule has 3 N–H and O–H groups in total. The van der Waals surface area contributed by atoms with Gasteiger partial charge >= 0.3 is 6.03 Å². The summed E-state index contributed by atoms with van der Waals surface area (Å²) in [6.07, 6.45) is 0.102. The van der Waals surface area contributed by atoms with Gasteiger partial charge in [0.05, 0.1) is 12.1 Å². The number of carbonyl (C=O) groups is 2. The van der Waals surface area contributed by atoms with Crippen molar-refractivity contribution in [2.24, 2.45) is 0 Å². The van der Waals surface area contributed by atoms with Crippen molar-refractivity contribution < 1.29 is 9.59 Å². The Balaban J connectivity index is 1.52. The van der Waals surface area contributed by atoms with Gasteiger partial charge in [-0.3, -0.25) is 10.1 Å². The van der Waals surface area contributed by atoms with Crippen molar-refractivity contribution in [1.82, 2.24) is 4.98 Å². The van der Waals surface area contributed by atoms with Gasteiger partial charge in [0.2, 0.25) is 5.91 Å². The van der Waals surface area contributed by atoms with Crippen LogP contribution in [0.4, 0.5) is 21.3 Å². The second kappa shape index (κ2) is 8.46. The first-order valence-electron chi connectivity index (χ1n) is 7.71. The van der Waals surface area contributed by atoms with E-state index in [2.05, 4.69) is 20.9 Å². The third-order valence-electron chi connectivity index (χ3n) is 3.25. The zero-order chi connectivity index (χ0) is 18.4. The number of halogens is 1. The Morgan fingerprint density at radius 2 is 1.73 bits per heavy atom. The molecule has 3 rings (SSSR count). The molecule has 0 unspecified atom stereocenters. The van der Waals surface area contributed by atoms with Crippen LogP contribution in [0.25, 0.3) is 0 Å². The number of para-hydroxylation sites is 1. The van der Waals surface area contributed by atoms with Gasteiger partial charge in [0.1, 0.15) is 0 Å². The van der Waals surface area contributed by atoms with Gasteiger partial charge in [-0.15, -0.1) is 11.3 Å². The lowest BCUT2D eigenvalue weighted by atomic mass is 10.3. The van der Waals surface area contributed by atoms with Crippen molar-refractivity contribution in [3.05, 3.63) is 70.7 Å². The number of aromatic nitrogens is 1. The van der Waals surface area contributed by atoms with Gasteiger partial charge in [0, 0.05) is 21.8 Å². The van der Waals surface area contributed by atoms with Crippen molar-refractivity contribution in [3.8, 4) is 0 Å². The third kappa shape index (κ3) is 5.30. The van der Waals surface area contributed by atoms with Crippen LogP contribution >= 0.6 is 22.9 Å². The number of benzene rings is 2. The summed E-state index contributed by atoms with van der Waals surface area (Å²) in [7, 11) is 0. The summed E-state index contributed by atoms with van der Waals surface area (Å²) in [5.41, 5.74) is 1.88. The first-order chi connectivity index (χ1) is 12.6. The number of carbonyl (C=O) groups excluding carboxylic acids is 2. The number of urea groups is 1. The SMILES string of the molecule is O=C(Cc1csc(NC(=O)Nc2ccccc2)n1)Nc1cccc(Cl)c1. The van der Waals surface area contributed by atoms with Crippen molar-refractivity contribution >= 4 is 51.4 Å². The standard InChI is InChI=1S/C18H15ClN4O2S/c19-12-5-4-8-14(9-12)20-16(24)10-15-11-26-18(22-15)23-17(25)21-13-6-2-1-3-7-13/h1-9,11H,10H2,(H,20,24)(H2,21,22,23,25). The first kappa shape index (κ1) is 17.9. The molecular formula is C18H15ClN4O2S. The van der Waals surface area contributed by atoms with Gasteiger partial charge in [0.25, 0.3) is 0 Å². The largest absolute Gasteiger partial charge is 0.326 e. The molecule has 0 saturated heterocycles. The molecule has 0 aliphatic rings. The minimum absolute atomic E-state index is 0.102. The van der Waals surface area contributed by atoms with Crippen LogP contribution in [-0.4, -0.2) is 16.9 Å². The number of anilines is 3. The van der Waals surface area contributed by atoms with Crippen molar-refractivity contribution in [2.45, 2.75) is 6.42 Å². The zero-order valence-corrected chi connectivity index (χ0v) is 15.1. The maximum absolute atomic E-state index is 12.1. The van der Waals surface area contributed by atoms with E-state index in [-0.39, 0.29) is 18.4 Å². The maximum Gasteiger partial charge on any atom is 0.325 e. The second-order valence-electron chi connectivity index (χ2n) is 5.32. The van der Waals surface area contributed by atoms with Crippen molar-refractivity contribution in [1.29, 1.82) is 0 Å². The van der Waals surface area contributed by atoms with Crippen molar-refractivity contribution in [2.75, 3.05) is 16.0 Å². The average molecular weight is 387 g/mol. The van der Waals surface area contributed by atoms with E-state index in [4.69, 9.17) is 11.6 Å². The first-order valence-corrected chi connectivity index (χ1v) is 8.97. The molecule has 0 atom stereocenters. The van der Waals surface area contributed by atoms with Gasteiger partial charge in [-0.25, -0.2) is 9.78 Å². The van der Waals surface area contributed by atoms with Crippen LogP contribution < -0.4 is 16.0 Å². The Morgan fingerprint density at radius 1 is 0.962 bits per heavy atom. The lowest BCUT2D eigenvalue weighted by Gasteiger charge is -2.05. The number of nitrogens with zero attached hydrogens (tertiary/aromatic N) is 1. The molecular weight excluding hydrogens is 372 g/mol. The number of amides is 3. The quantitative estimate of drug-likeness (QED) is 0.598. The zero-order valence-electron chi connectivity index (χ0n) is 13.5. The summed E-state index contributed by atoms with van der Waals surface area (Å²) in [5.74, 6) is -0.210. The van der Waals surface area contributed by atoms with E-state index in [0.717, 1.165) is 0 Å². The van der Waals surface area contributed by atoms with Crippen LogP contribution in [0.5, 0.6) is 0 Å². The Kier molecular flexibility index (Phi) is 5.83. The predicted octanol–water partition coefficient (Wildman–Crippen LogP) is 4.62. The molecule has 2 aromatic carbocycles. The summed E-state index contributed by atoms with van der Waals surface area (Å²) in [4.78, 5) is 28.3. The Labute approximate surface area is 159 Å². The van der Waals surface area contributed by atoms with E-state index in [9.17, 15) is 9.59 Å². The monoisotopic (exact) mass is 386 g/mol. The molecule has 3 aromatic rings. The third-order valence-corrected chi connectivity index (χ3v) is 4.30. The maximum atomic E-state index is 12.1. The molecule has 8 heteroatoms. The number of nitrogens with one attached hydrogen (secondary N) is 3. The van der Waals surface area contributed by atoms with Gasteiger partial charge in [-0.2, -0.15) is 0 Å². The fourth-order valence-electron chi connectivity index (χ4n) is 2.16. The second-order valence-corrected chi connectivity index (χ2v) is 6.62. The van der Waals surface area contributed by atoms with E-state index >= 15 is 0 Å². The van der Waals surface area contributed by atoms with Crippen LogP contribution in [0.1, 0.15) is 5.69 Å². The van der Waals surface area contributed by atoms with E-state index in [1.54, 1.807) is 41.8 Å². The van der Waals surface area contributed by atoms with Crippen LogP contribution in [0, 0.1) is 0 Å².